The maximum atomic E-state index is 4.67. The minimum Gasteiger partial charge on any atom is -0.367 e. The second-order valence-electron chi connectivity index (χ2n) is 5.90. The van der Waals surface area contributed by atoms with Crippen LogP contribution in [0.4, 0.5) is 17.5 Å². The first-order valence-corrected chi connectivity index (χ1v) is 7.73. The molecule has 1 aliphatic carbocycles. The second-order valence-corrected chi connectivity index (χ2v) is 5.90. The Morgan fingerprint density at radius 2 is 2.09 bits per heavy atom. The zero-order chi connectivity index (χ0) is 14.9. The monoisotopic (exact) mass is 293 g/mol. The molecule has 0 saturated heterocycles. The number of anilines is 3. The zero-order valence-electron chi connectivity index (χ0n) is 12.6. The molecule has 1 aromatic carbocycles. The first-order valence-electron chi connectivity index (χ1n) is 7.73. The van der Waals surface area contributed by atoms with Gasteiger partial charge >= 0.3 is 0 Å². The molecule has 4 rings (SSSR count). The molecule has 0 aliphatic heterocycles. The Hall–Kier alpha value is -2.56. The van der Waals surface area contributed by atoms with Gasteiger partial charge in [-0.3, -0.25) is 0 Å². The summed E-state index contributed by atoms with van der Waals surface area (Å²) in [6.07, 6.45) is 5.64. The lowest BCUT2D eigenvalue weighted by molar-refractivity contribution is 0.445. The molecule has 112 valence electrons. The Labute approximate surface area is 129 Å². The molecule has 22 heavy (non-hydrogen) atoms. The Morgan fingerprint density at radius 1 is 1.18 bits per heavy atom. The van der Waals surface area contributed by atoms with Gasteiger partial charge in [-0.15, -0.1) is 0 Å². The number of aromatic nitrogens is 3. The molecule has 1 saturated carbocycles. The number of aromatic amines is 1. The summed E-state index contributed by atoms with van der Waals surface area (Å²) in [5, 5.41) is 7.87. The normalized spacial score (nSPS) is 14.8. The molecule has 3 N–H and O–H groups in total. The van der Waals surface area contributed by atoms with Crippen LogP contribution in [0.1, 0.15) is 24.8 Å². The van der Waals surface area contributed by atoms with E-state index in [1.165, 1.54) is 24.8 Å². The van der Waals surface area contributed by atoms with Crippen LogP contribution >= 0.6 is 0 Å². The Morgan fingerprint density at radius 3 is 2.86 bits per heavy atom. The third-order valence-electron chi connectivity index (χ3n) is 4.14. The maximum Gasteiger partial charge on any atom is 0.231 e. The molecule has 0 atom stereocenters. The van der Waals surface area contributed by atoms with Crippen LogP contribution in [-0.4, -0.2) is 21.0 Å². The number of hydrogen-bond acceptors (Lipinski definition) is 4. The predicted octanol–water partition coefficient (Wildman–Crippen LogP) is 3.97. The average molecular weight is 293 g/mol. The topological polar surface area (TPSA) is 65.6 Å². The third-order valence-corrected chi connectivity index (χ3v) is 4.14. The van der Waals surface area contributed by atoms with Crippen LogP contribution in [0.25, 0.3) is 11.0 Å². The van der Waals surface area contributed by atoms with Crippen LogP contribution in [0, 0.1) is 6.92 Å². The van der Waals surface area contributed by atoms with Crippen molar-refractivity contribution in [3.05, 3.63) is 42.1 Å². The third kappa shape index (κ3) is 2.50. The largest absolute Gasteiger partial charge is 0.367 e. The van der Waals surface area contributed by atoms with Crippen molar-refractivity contribution in [1.82, 2.24) is 15.0 Å². The Kier molecular flexibility index (Phi) is 3.18. The summed E-state index contributed by atoms with van der Waals surface area (Å²) in [6, 6.07) is 10.8. The fraction of sp³-hybridized carbons (Fsp3) is 0.294. The number of nitrogens with one attached hydrogen (secondary N) is 3. The van der Waals surface area contributed by atoms with Crippen molar-refractivity contribution >= 4 is 28.5 Å². The van der Waals surface area contributed by atoms with Gasteiger partial charge in [0, 0.05) is 17.9 Å². The van der Waals surface area contributed by atoms with Crippen LogP contribution in [0.2, 0.25) is 0 Å². The number of hydrogen-bond donors (Lipinski definition) is 3. The lowest BCUT2D eigenvalue weighted by Gasteiger charge is -2.27. The minimum atomic E-state index is 0.541. The minimum absolute atomic E-state index is 0.541. The highest BCUT2D eigenvalue weighted by Gasteiger charge is 2.19. The second kappa shape index (κ2) is 5.33. The number of rotatable bonds is 4. The molecule has 0 radical (unpaired) electrons. The molecule has 1 fully saturated rings. The molecule has 2 aromatic heterocycles. The van der Waals surface area contributed by atoms with Gasteiger partial charge in [0.25, 0.3) is 0 Å². The highest BCUT2D eigenvalue weighted by molar-refractivity contribution is 5.88. The van der Waals surface area contributed by atoms with E-state index in [1.807, 2.05) is 24.4 Å². The van der Waals surface area contributed by atoms with Crippen LogP contribution in [-0.2, 0) is 0 Å². The lowest BCUT2D eigenvalue weighted by Crippen LogP contribution is -2.27. The predicted molar refractivity (Wildman–Crippen MR) is 89.6 cm³/mol. The first-order chi connectivity index (χ1) is 10.8. The van der Waals surface area contributed by atoms with E-state index >= 15 is 0 Å². The summed E-state index contributed by atoms with van der Waals surface area (Å²) in [7, 11) is 0. The van der Waals surface area contributed by atoms with Gasteiger partial charge < -0.3 is 15.6 Å². The zero-order valence-corrected chi connectivity index (χ0v) is 12.6. The van der Waals surface area contributed by atoms with Gasteiger partial charge in [-0.1, -0.05) is 12.1 Å². The molecular formula is C17H19N5. The van der Waals surface area contributed by atoms with E-state index in [-0.39, 0.29) is 0 Å². The molecule has 0 unspecified atom stereocenters. The van der Waals surface area contributed by atoms with Crippen molar-refractivity contribution < 1.29 is 0 Å². The van der Waals surface area contributed by atoms with E-state index in [1.54, 1.807) is 0 Å². The van der Waals surface area contributed by atoms with Crippen molar-refractivity contribution in [2.45, 2.75) is 32.2 Å². The molecule has 2 heterocycles. The first kappa shape index (κ1) is 13.1. The summed E-state index contributed by atoms with van der Waals surface area (Å²) >= 11 is 0. The van der Waals surface area contributed by atoms with Gasteiger partial charge in [-0.05, 0) is 49.9 Å². The molecule has 0 amide bonds. The van der Waals surface area contributed by atoms with Crippen molar-refractivity contribution in [3.63, 3.8) is 0 Å². The lowest BCUT2D eigenvalue weighted by atomic mass is 9.93. The SMILES string of the molecule is Cc1cccc(Nc2nc(NC3CCC3)c3cc[nH]c3n2)c1. The van der Waals surface area contributed by atoms with Crippen molar-refractivity contribution in [3.8, 4) is 0 Å². The van der Waals surface area contributed by atoms with E-state index in [0.717, 1.165) is 22.5 Å². The fourth-order valence-corrected chi connectivity index (χ4v) is 2.71. The van der Waals surface area contributed by atoms with Crippen molar-refractivity contribution in [1.29, 1.82) is 0 Å². The van der Waals surface area contributed by atoms with Gasteiger partial charge in [0.05, 0.1) is 5.39 Å². The molecule has 0 bridgehead atoms. The average Bonchev–Trinajstić information content (AvgIpc) is 2.91. The molecule has 0 spiro atoms. The van der Waals surface area contributed by atoms with Crippen LogP contribution in [0.3, 0.4) is 0 Å². The standard InChI is InChI=1S/C17H19N5/c1-11-4-2-7-13(10-11)20-17-21-15-14(8-9-18-15)16(22-17)19-12-5-3-6-12/h2,4,7-10,12H,3,5-6H2,1H3,(H3,18,19,20,21,22). The van der Waals surface area contributed by atoms with Crippen molar-refractivity contribution in [2.75, 3.05) is 10.6 Å². The van der Waals surface area contributed by atoms with Gasteiger partial charge in [0.1, 0.15) is 11.5 Å². The summed E-state index contributed by atoms with van der Waals surface area (Å²) in [6.45, 7) is 2.07. The van der Waals surface area contributed by atoms with E-state index in [2.05, 4.69) is 44.6 Å². The summed E-state index contributed by atoms with van der Waals surface area (Å²) < 4.78 is 0. The van der Waals surface area contributed by atoms with Crippen LogP contribution < -0.4 is 10.6 Å². The smallest absolute Gasteiger partial charge is 0.231 e. The molecule has 5 nitrogen and oxygen atoms in total. The van der Waals surface area contributed by atoms with Gasteiger partial charge in [-0.25, -0.2) is 0 Å². The Bertz CT molecular complexity index is 804. The van der Waals surface area contributed by atoms with E-state index in [4.69, 9.17) is 0 Å². The summed E-state index contributed by atoms with van der Waals surface area (Å²) in [5.74, 6) is 1.52. The van der Waals surface area contributed by atoms with E-state index < -0.39 is 0 Å². The van der Waals surface area contributed by atoms with Crippen LogP contribution in [0.15, 0.2) is 36.5 Å². The number of aryl methyl sites for hydroxylation is 1. The number of benzene rings is 1. The fourth-order valence-electron chi connectivity index (χ4n) is 2.71. The van der Waals surface area contributed by atoms with Gasteiger partial charge in [0.15, 0.2) is 0 Å². The molecule has 3 aromatic rings. The van der Waals surface area contributed by atoms with E-state index in [0.29, 0.717) is 12.0 Å². The van der Waals surface area contributed by atoms with E-state index in [9.17, 15) is 0 Å². The van der Waals surface area contributed by atoms with Gasteiger partial charge in [0.2, 0.25) is 5.95 Å². The highest BCUT2D eigenvalue weighted by atomic mass is 15.2. The highest BCUT2D eigenvalue weighted by Crippen LogP contribution is 2.28. The van der Waals surface area contributed by atoms with Gasteiger partial charge in [-0.2, -0.15) is 9.97 Å². The van der Waals surface area contributed by atoms with Crippen LogP contribution in [0.5, 0.6) is 0 Å². The Balaban J connectivity index is 1.68. The number of nitrogens with zero attached hydrogens (tertiary/aromatic N) is 2. The number of H-pyrrole nitrogens is 1. The molecular weight excluding hydrogens is 274 g/mol. The van der Waals surface area contributed by atoms with Crippen molar-refractivity contribution in [2.24, 2.45) is 0 Å². The number of fused-ring (bicyclic) bond motifs is 1. The summed E-state index contributed by atoms with van der Waals surface area (Å²) in [5.41, 5.74) is 3.06. The molecule has 1 aliphatic rings. The summed E-state index contributed by atoms with van der Waals surface area (Å²) in [4.78, 5) is 12.4. The molecule has 5 heteroatoms. The maximum absolute atomic E-state index is 4.67. The quantitative estimate of drug-likeness (QED) is 0.681.